The van der Waals surface area contributed by atoms with Crippen LogP contribution in [0.15, 0.2) is 78.9 Å². The van der Waals surface area contributed by atoms with Gasteiger partial charge >= 0.3 is 0 Å². The molecule has 1 heterocycles. The Balaban J connectivity index is 1.82. The molecule has 4 nitrogen and oxygen atoms in total. The lowest BCUT2D eigenvalue weighted by molar-refractivity contribution is 0.101. The van der Waals surface area contributed by atoms with Gasteiger partial charge in [0.15, 0.2) is 0 Å². The Hall–Kier alpha value is -3.15. The van der Waals surface area contributed by atoms with E-state index in [4.69, 9.17) is 23.2 Å². The standard InChI is InChI=1S/C22H14Cl2FN3O/c23-14-6-5-7-15(12-14)28-21(22(29)26-19-11-4-3-10-18(19)25)13-20(27-28)16-8-1-2-9-17(16)24/h1-13H,(H,26,29). The number of benzene rings is 3. The Morgan fingerprint density at radius 2 is 1.69 bits per heavy atom. The van der Waals surface area contributed by atoms with Gasteiger partial charge in [-0.3, -0.25) is 4.79 Å². The molecule has 0 atom stereocenters. The van der Waals surface area contributed by atoms with Gasteiger partial charge in [0.25, 0.3) is 5.91 Å². The SMILES string of the molecule is O=C(Nc1ccccc1F)c1cc(-c2ccccc2Cl)nn1-c1cccc(Cl)c1. The van der Waals surface area contributed by atoms with Crippen LogP contribution in [0, 0.1) is 5.82 Å². The van der Waals surface area contributed by atoms with Gasteiger partial charge in [-0.2, -0.15) is 5.10 Å². The number of amides is 1. The van der Waals surface area contributed by atoms with Crippen molar-refractivity contribution in [3.63, 3.8) is 0 Å². The number of halogens is 3. The minimum absolute atomic E-state index is 0.0793. The number of anilines is 1. The second kappa shape index (κ2) is 8.07. The van der Waals surface area contributed by atoms with Crippen LogP contribution in [0.2, 0.25) is 10.0 Å². The second-order valence-electron chi connectivity index (χ2n) is 6.22. The fraction of sp³-hybridized carbons (Fsp3) is 0. The molecule has 4 aromatic rings. The minimum atomic E-state index is -0.527. The number of hydrogen-bond acceptors (Lipinski definition) is 2. The van der Waals surface area contributed by atoms with Crippen LogP contribution in [-0.2, 0) is 0 Å². The minimum Gasteiger partial charge on any atom is -0.318 e. The quantitative estimate of drug-likeness (QED) is 0.420. The Bertz CT molecular complexity index is 1210. The first-order valence-corrected chi connectivity index (χ1v) is 9.45. The molecule has 4 rings (SSSR count). The molecule has 29 heavy (non-hydrogen) atoms. The molecule has 3 aromatic carbocycles. The molecule has 7 heteroatoms. The van der Waals surface area contributed by atoms with Crippen LogP contribution < -0.4 is 5.32 Å². The molecule has 0 aliphatic heterocycles. The molecule has 0 saturated carbocycles. The van der Waals surface area contributed by atoms with Crippen molar-refractivity contribution >= 4 is 34.8 Å². The number of rotatable bonds is 4. The summed E-state index contributed by atoms with van der Waals surface area (Å²) in [7, 11) is 0. The second-order valence-corrected chi connectivity index (χ2v) is 7.06. The van der Waals surface area contributed by atoms with Gasteiger partial charge in [0.05, 0.1) is 22.1 Å². The number of carbonyl (C=O) groups excluding carboxylic acids is 1. The highest BCUT2D eigenvalue weighted by molar-refractivity contribution is 6.33. The van der Waals surface area contributed by atoms with Crippen molar-refractivity contribution in [1.29, 1.82) is 0 Å². The number of para-hydroxylation sites is 1. The molecule has 144 valence electrons. The zero-order valence-electron chi connectivity index (χ0n) is 14.9. The van der Waals surface area contributed by atoms with Gasteiger partial charge in [0.1, 0.15) is 11.5 Å². The van der Waals surface area contributed by atoms with Gasteiger partial charge in [0, 0.05) is 10.6 Å². The fourth-order valence-electron chi connectivity index (χ4n) is 2.90. The summed E-state index contributed by atoms with van der Waals surface area (Å²) in [5.74, 6) is -1.04. The van der Waals surface area contributed by atoms with Gasteiger partial charge in [-0.15, -0.1) is 0 Å². The Labute approximate surface area is 176 Å². The third-order valence-corrected chi connectivity index (χ3v) is 4.83. The Morgan fingerprint density at radius 1 is 0.931 bits per heavy atom. The van der Waals surface area contributed by atoms with Crippen molar-refractivity contribution in [2.75, 3.05) is 5.32 Å². The summed E-state index contributed by atoms with van der Waals surface area (Å²) in [4.78, 5) is 13.0. The molecule has 0 spiro atoms. The molecule has 0 bridgehead atoms. The summed E-state index contributed by atoms with van der Waals surface area (Å²) < 4.78 is 15.5. The molecule has 0 unspecified atom stereocenters. The number of carbonyl (C=O) groups is 1. The van der Waals surface area contributed by atoms with E-state index in [1.54, 1.807) is 48.5 Å². The summed E-state index contributed by atoms with van der Waals surface area (Å²) in [6.07, 6.45) is 0. The van der Waals surface area contributed by atoms with Crippen LogP contribution >= 0.6 is 23.2 Å². The van der Waals surface area contributed by atoms with Crippen LogP contribution in [0.1, 0.15) is 10.5 Å². The van der Waals surface area contributed by atoms with Crippen molar-refractivity contribution in [3.8, 4) is 16.9 Å². The van der Waals surface area contributed by atoms with E-state index in [2.05, 4.69) is 10.4 Å². The topological polar surface area (TPSA) is 46.9 Å². The lowest BCUT2D eigenvalue weighted by Crippen LogP contribution is -2.17. The maximum absolute atomic E-state index is 14.0. The highest BCUT2D eigenvalue weighted by Crippen LogP contribution is 2.29. The Morgan fingerprint density at radius 3 is 2.45 bits per heavy atom. The fourth-order valence-corrected chi connectivity index (χ4v) is 3.31. The maximum atomic E-state index is 14.0. The van der Waals surface area contributed by atoms with E-state index >= 15 is 0 Å². The van der Waals surface area contributed by atoms with Crippen LogP contribution in [0.25, 0.3) is 16.9 Å². The van der Waals surface area contributed by atoms with Gasteiger partial charge < -0.3 is 5.32 Å². The van der Waals surface area contributed by atoms with Crippen LogP contribution in [-0.4, -0.2) is 15.7 Å². The van der Waals surface area contributed by atoms with E-state index in [9.17, 15) is 9.18 Å². The molecule has 1 amide bonds. The molecular formula is C22H14Cl2FN3O. The largest absolute Gasteiger partial charge is 0.318 e. The predicted octanol–water partition coefficient (Wildman–Crippen LogP) is 6.24. The lowest BCUT2D eigenvalue weighted by Gasteiger charge is -2.09. The zero-order chi connectivity index (χ0) is 20.4. The monoisotopic (exact) mass is 425 g/mol. The number of hydrogen-bond donors (Lipinski definition) is 1. The number of nitrogens with one attached hydrogen (secondary N) is 1. The summed E-state index contributed by atoms with van der Waals surface area (Å²) in [5, 5.41) is 8.15. The van der Waals surface area contributed by atoms with E-state index in [1.807, 2.05) is 18.2 Å². The van der Waals surface area contributed by atoms with E-state index in [0.717, 1.165) is 0 Å². The average Bonchev–Trinajstić information content (AvgIpc) is 3.15. The zero-order valence-corrected chi connectivity index (χ0v) is 16.5. The molecule has 0 aliphatic rings. The van der Waals surface area contributed by atoms with Crippen LogP contribution in [0.5, 0.6) is 0 Å². The van der Waals surface area contributed by atoms with Crippen molar-refractivity contribution in [2.24, 2.45) is 0 Å². The first kappa shape index (κ1) is 19.2. The molecule has 0 aliphatic carbocycles. The summed E-state index contributed by atoms with van der Waals surface area (Å²) in [6, 6.07) is 21.7. The normalized spacial score (nSPS) is 10.7. The van der Waals surface area contributed by atoms with E-state index in [0.29, 0.717) is 27.0 Å². The molecule has 0 saturated heterocycles. The van der Waals surface area contributed by atoms with E-state index in [1.165, 1.54) is 16.8 Å². The van der Waals surface area contributed by atoms with Gasteiger partial charge in [0.2, 0.25) is 0 Å². The highest BCUT2D eigenvalue weighted by Gasteiger charge is 2.20. The third kappa shape index (κ3) is 4.01. The molecule has 1 N–H and O–H groups in total. The molecule has 0 fully saturated rings. The smallest absolute Gasteiger partial charge is 0.274 e. The van der Waals surface area contributed by atoms with Gasteiger partial charge in [-0.25, -0.2) is 9.07 Å². The average molecular weight is 426 g/mol. The summed E-state index contributed by atoms with van der Waals surface area (Å²) in [6.45, 7) is 0. The van der Waals surface area contributed by atoms with Gasteiger partial charge in [-0.05, 0) is 42.5 Å². The van der Waals surface area contributed by atoms with Crippen molar-refractivity contribution in [1.82, 2.24) is 9.78 Å². The predicted molar refractivity (Wildman–Crippen MR) is 113 cm³/mol. The molecule has 0 radical (unpaired) electrons. The van der Waals surface area contributed by atoms with E-state index in [-0.39, 0.29) is 11.4 Å². The maximum Gasteiger partial charge on any atom is 0.274 e. The Kier molecular flexibility index (Phi) is 5.34. The lowest BCUT2D eigenvalue weighted by atomic mass is 10.1. The third-order valence-electron chi connectivity index (χ3n) is 4.27. The van der Waals surface area contributed by atoms with Crippen molar-refractivity contribution in [3.05, 3.63) is 100 Å². The number of nitrogens with zero attached hydrogens (tertiary/aromatic N) is 2. The molecule has 1 aromatic heterocycles. The van der Waals surface area contributed by atoms with Crippen LogP contribution in [0.4, 0.5) is 10.1 Å². The summed E-state index contributed by atoms with van der Waals surface area (Å²) in [5.41, 5.74) is 2.07. The van der Waals surface area contributed by atoms with Crippen molar-refractivity contribution in [2.45, 2.75) is 0 Å². The first-order valence-electron chi connectivity index (χ1n) is 8.70. The van der Waals surface area contributed by atoms with Gasteiger partial charge in [-0.1, -0.05) is 59.6 Å². The van der Waals surface area contributed by atoms with E-state index < -0.39 is 11.7 Å². The number of aromatic nitrogens is 2. The summed E-state index contributed by atoms with van der Waals surface area (Å²) >= 11 is 12.4. The molecular weight excluding hydrogens is 412 g/mol. The van der Waals surface area contributed by atoms with Crippen molar-refractivity contribution < 1.29 is 9.18 Å². The van der Waals surface area contributed by atoms with Crippen LogP contribution in [0.3, 0.4) is 0 Å². The highest BCUT2D eigenvalue weighted by atomic mass is 35.5. The first-order chi connectivity index (χ1) is 14.0.